The van der Waals surface area contributed by atoms with E-state index < -0.39 is 0 Å². The lowest BCUT2D eigenvalue weighted by Gasteiger charge is -2.10. The molecule has 0 bridgehead atoms. The first-order valence-corrected chi connectivity index (χ1v) is 8.46. The molecule has 2 aromatic carbocycles. The molecule has 0 aliphatic carbocycles. The molecule has 128 valence electrons. The molecule has 4 heteroatoms. The number of H-pyrrole nitrogens is 2. The fourth-order valence-electron chi connectivity index (χ4n) is 3.29. The van der Waals surface area contributed by atoms with Gasteiger partial charge in [0.2, 0.25) is 0 Å². The van der Waals surface area contributed by atoms with Crippen LogP contribution in [0, 0.1) is 13.8 Å². The van der Waals surface area contributed by atoms with Crippen LogP contribution in [0.25, 0.3) is 33.2 Å². The Balaban J connectivity index is 2.03. The van der Waals surface area contributed by atoms with Gasteiger partial charge in [-0.15, -0.1) is 0 Å². The molecule has 4 aromatic rings. The molecular weight excluding hydrogens is 324 g/mol. The maximum atomic E-state index is 12.9. The second-order valence-corrected chi connectivity index (χ2v) is 6.57. The van der Waals surface area contributed by atoms with E-state index in [0.717, 1.165) is 22.2 Å². The summed E-state index contributed by atoms with van der Waals surface area (Å²) in [4.78, 5) is 30.8. The predicted molar refractivity (Wildman–Crippen MR) is 106 cm³/mol. The molecule has 0 unspecified atom stereocenters. The van der Waals surface area contributed by atoms with Gasteiger partial charge in [-0.2, -0.15) is 0 Å². The summed E-state index contributed by atoms with van der Waals surface area (Å²) >= 11 is 0. The summed E-state index contributed by atoms with van der Waals surface area (Å²) in [6.45, 7) is 3.99. The molecule has 2 N–H and O–H groups in total. The van der Waals surface area contributed by atoms with Gasteiger partial charge >= 0.3 is 0 Å². The number of benzene rings is 2. The van der Waals surface area contributed by atoms with Crippen LogP contribution in [0.1, 0.15) is 11.1 Å². The fourth-order valence-corrected chi connectivity index (χ4v) is 3.29. The molecule has 0 aliphatic heterocycles. The zero-order chi connectivity index (χ0) is 18.3. The Kier molecular flexibility index (Phi) is 3.81. The Morgan fingerprint density at radius 3 is 2.27 bits per heavy atom. The Morgan fingerprint density at radius 1 is 0.769 bits per heavy atom. The van der Waals surface area contributed by atoms with Crippen molar-refractivity contribution in [1.29, 1.82) is 0 Å². The molecule has 4 nitrogen and oxygen atoms in total. The van der Waals surface area contributed by atoms with Crippen LogP contribution in [-0.2, 0) is 0 Å². The van der Waals surface area contributed by atoms with E-state index in [1.165, 1.54) is 5.56 Å². The quantitative estimate of drug-likeness (QED) is 0.574. The molecule has 2 heterocycles. The van der Waals surface area contributed by atoms with Gasteiger partial charge in [0.1, 0.15) is 0 Å². The molecule has 4 rings (SSSR count). The highest BCUT2D eigenvalue weighted by Crippen LogP contribution is 2.28. The van der Waals surface area contributed by atoms with Crippen LogP contribution in [-0.4, -0.2) is 9.97 Å². The number of aromatic nitrogens is 2. The lowest BCUT2D eigenvalue weighted by atomic mass is 9.96. The summed E-state index contributed by atoms with van der Waals surface area (Å²) in [5.74, 6) is 0. The Bertz CT molecular complexity index is 1230. The van der Waals surface area contributed by atoms with Crippen molar-refractivity contribution < 1.29 is 0 Å². The number of fused-ring (bicyclic) bond motifs is 1. The molecule has 26 heavy (non-hydrogen) atoms. The molecule has 0 atom stereocenters. The van der Waals surface area contributed by atoms with Crippen LogP contribution in [0.3, 0.4) is 0 Å². The highest BCUT2D eigenvalue weighted by Gasteiger charge is 2.13. The van der Waals surface area contributed by atoms with E-state index in [9.17, 15) is 9.59 Å². The summed E-state index contributed by atoms with van der Waals surface area (Å²) in [7, 11) is 0. The summed E-state index contributed by atoms with van der Waals surface area (Å²) in [6.07, 6.45) is 1.59. The summed E-state index contributed by atoms with van der Waals surface area (Å²) < 4.78 is 0. The van der Waals surface area contributed by atoms with Gasteiger partial charge in [-0.05, 0) is 48.6 Å². The number of hydrogen-bond donors (Lipinski definition) is 2. The number of nitrogens with one attached hydrogen (secondary N) is 2. The molecule has 0 spiro atoms. The molecule has 0 aliphatic rings. The molecule has 0 fully saturated rings. The Labute approximate surface area is 150 Å². The van der Waals surface area contributed by atoms with E-state index in [4.69, 9.17) is 0 Å². The largest absolute Gasteiger partial charge is 0.329 e. The van der Waals surface area contributed by atoms with Crippen molar-refractivity contribution in [1.82, 2.24) is 9.97 Å². The van der Waals surface area contributed by atoms with Gasteiger partial charge in [-0.1, -0.05) is 42.0 Å². The van der Waals surface area contributed by atoms with Crippen molar-refractivity contribution in [3.8, 4) is 22.4 Å². The third-order valence-corrected chi connectivity index (χ3v) is 4.56. The second-order valence-electron chi connectivity index (χ2n) is 6.57. The average molecular weight is 342 g/mol. The van der Waals surface area contributed by atoms with Gasteiger partial charge in [0.15, 0.2) is 0 Å². The average Bonchev–Trinajstić information content (AvgIpc) is 2.61. The summed E-state index contributed by atoms with van der Waals surface area (Å²) in [6, 6.07) is 17.3. The lowest BCUT2D eigenvalue weighted by Crippen LogP contribution is -2.12. The Morgan fingerprint density at radius 2 is 1.54 bits per heavy atom. The topological polar surface area (TPSA) is 65.7 Å². The van der Waals surface area contributed by atoms with Crippen LogP contribution in [0.2, 0.25) is 0 Å². The monoisotopic (exact) mass is 342 g/mol. The first kappa shape index (κ1) is 16.1. The van der Waals surface area contributed by atoms with E-state index in [-0.39, 0.29) is 11.1 Å². The maximum Gasteiger partial charge on any atom is 0.256 e. The van der Waals surface area contributed by atoms with E-state index >= 15 is 0 Å². The molecule has 0 radical (unpaired) electrons. The first-order chi connectivity index (χ1) is 12.5. The number of hydrogen-bond acceptors (Lipinski definition) is 2. The zero-order valence-corrected chi connectivity index (χ0v) is 14.6. The van der Waals surface area contributed by atoms with Gasteiger partial charge < -0.3 is 9.97 Å². The van der Waals surface area contributed by atoms with Crippen molar-refractivity contribution in [2.24, 2.45) is 0 Å². The minimum Gasteiger partial charge on any atom is -0.329 e. The van der Waals surface area contributed by atoms with Crippen LogP contribution >= 0.6 is 0 Å². The zero-order valence-electron chi connectivity index (χ0n) is 14.6. The number of rotatable bonds is 2. The van der Waals surface area contributed by atoms with Crippen molar-refractivity contribution in [3.05, 3.63) is 92.6 Å². The number of aryl methyl sites for hydroxylation is 2. The van der Waals surface area contributed by atoms with Gasteiger partial charge in [-0.25, -0.2) is 0 Å². The smallest absolute Gasteiger partial charge is 0.256 e. The van der Waals surface area contributed by atoms with Gasteiger partial charge in [0, 0.05) is 23.0 Å². The fraction of sp³-hybridized carbons (Fsp3) is 0.0909. The second kappa shape index (κ2) is 6.15. The predicted octanol–water partition coefficient (Wildman–Crippen LogP) is 4.17. The third-order valence-electron chi connectivity index (χ3n) is 4.56. The summed E-state index contributed by atoms with van der Waals surface area (Å²) in [5, 5.41) is 1.35. The van der Waals surface area contributed by atoms with Crippen LogP contribution in [0.5, 0.6) is 0 Å². The minimum absolute atomic E-state index is 0.198. The highest BCUT2D eigenvalue weighted by atomic mass is 16.1. The standard InChI is InChI=1S/C22H18N2O2/c1-13-5-7-15(8-6-13)19-12-16-10-14(2)11-18(20(16)22(26)24-19)17-4-3-9-23-21(17)25/h3-12H,1-2H3,(H,23,25)(H,24,26). The van der Waals surface area contributed by atoms with Crippen LogP contribution in [0.4, 0.5) is 0 Å². The van der Waals surface area contributed by atoms with E-state index in [2.05, 4.69) is 9.97 Å². The molecule has 0 amide bonds. The highest BCUT2D eigenvalue weighted by molar-refractivity contribution is 5.97. The van der Waals surface area contributed by atoms with Crippen molar-refractivity contribution in [2.45, 2.75) is 13.8 Å². The first-order valence-electron chi connectivity index (χ1n) is 8.46. The maximum absolute atomic E-state index is 12.9. The van der Waals surface area contributed by atoms with Gasteiger partial charge in [0.05, 0.1) is 5.39 Å². The van der Waals surface area contributed by atoms with Gasteiger partial charge in [-0.3, -0.25) is 9.59 Å². The Hall–Kier alpha value is -3.40. The lowest BCUT2D eigenvalue weighted by molar-refractivity contribution is 1.24. The van der Waals surface area contributed by atoms with Crippen LogP contribution in [0.15, 0.2) is 70.4 Å². The van der Waals surface area contributed by atoms with Gasteiger partial charge in [0.25, 0.3) is 11.1 Å². The minimum atomic E-state index is -0.207. The van der Waals surface area contributed by atoms with Crippen molar-refractivity contribution in [2.75, 3.05) is 0 Å². The number of pyridine rings is 2. The van der Waals surface area contributed by atoms with E-state index in [0.29, 0.717) is 16.5 Å². The van der Waals surface area contributed by atoms with Crippen molar-refractivity contribution in [3.63, 3.8) is 0 Å². The van der Waals surface area contributed by atoms with E-state index in [1.54, 1.807) is 18.3 Å². The van der Waals surface area contributed by atoms with E-state index in [1.807, 2.05) is 56.3 Å². The molecular formula is C22H18N2O2. The normalized spacial score (nSPS) is 11.0. The third kappa shape index (κ3) is 2.75. The molecule has 2 aromatic heterocycles. The van der Waals surface area contributed by atoms with Crippen LogP contribution < -0.4 is 11.1 Å². The summed E-state index contributed by atoms with van der Waals surface area (Å²) in [5.41, 5.74) is 4.62. The molecule has 0 saturated carbocycles. The van der Waals surface area contributed by atoms with Crippen molar-refractivity contribution >= 4 is 10.8 Å². The number of aromatic amines is 2. The SMILES string of the molecule is Cc1ccc(-c2cc3cc(C)cc(-c4ccc[nH]c4=O)c3c(=O)[nH]2)cc1. The molecule has 0 saturated heterocycles.